The largest absolute Gasteiger partial charge is 0.328 e. The molecular weight excluding hydrogens is 220 g/mol. The van der Waals surface area contributed by atoms with Crippen LogP contribution >= 0.6 is 0 Å². The predicted octanol–water partition coefficient (Wildman–Crippen LogP) is 0.929. The molecule has 1 aromatic rings. The van der Waals surface area contributed by atoms with Crippen LogP contribution < -0.4 is 11.2 Å². The molecule has 1 aliphatic rings. The van der Waals surface area contributed by atoms with Crippen LogP contribution in [0, 0.1) is 5.41 Å². The van der Waals surface area contributed by atoms with E-state index in [9.17, 15) is 14.4 Å². The van der Waals surface area contributed by atoms with E-state index in [1.54, 1.807) is 0 Å². The van der Waals surface area contributed by atoms with E-state index in [2.05, 4.69) is 11.9 Å². The monoisotopic (exact) mass is 236 g/mol. The maximum absolute atomic E-state index is 12.0. The van der Waals surface area contributed by atoms with E-state index >= 15 is 0 Å². The molecule has 0 saturated heterocycles. The number of aromatic nitrogens is 2. The second-order valence-electron chi connectivity index (χ2n) is 4.81. The maximum Gasteiger partial charge on any atom is 0.328 e. The number of Topliss-reactive ketones (excluding diaryl/α,β-unsaturated/α-hetero) is 1. The first kappa shape index (κ1) is 11.8. The van der Waals surface area contributed by atoms with Crippen molar-refractivity contribution in [2.45, 2.75) is 39.7 Å². The Balaban J connectivity index is 2.46. The molecule has 2 rings (SSSR count). The van der Waals surface area contributed by atoms with Gasteiger partial charge in [-0.3, -0.25) is 14.2 Å². The molecule has 1 saturated carbocycles. The molecule has 5 heteroatoms. The molecular formula is C12H16N2O3. The highest BCUT2D eigenvalue weighted by atomic mass is 16.2. The van der Waals surface area contributed by atoms with E-state index in [0.717, 1.165) is 23.8 Å². The zero-order chi connectivity index (χ0) is 12.6. The third-order valence-electron chi connectivity index (χ3n) is 3.64. The van der Waals surface area contributed by atoms with Gasteiger partial charge in [0.1, 0.15) is 0 Å². The summed E-state index contributed by atoms with van der Waals surface area (Å²) in [6.07, 6.45) is 4.23. The van der Waals surface area contributed by atoms with Crippen molar-refractivity contribution in [3.8, 4) is 0 Å². The number of ketones is 1. The van der Waals surface area contributed by atoms with Crippen LogP contribution in [0.2, 0.25) is 0 Å². The number of carbonyl (C=O) groups is 1. The summed E-state index contributed by atoms with van der Waals surface area (Å²) in [4.78, 5) is 37.3. The molecule has 1 aliphatic carbocycles. The first-order valence-electron chi connectivity index (χ1n) is 5.82. The zero-order valence-electron chi connectivity index (χ0n) is 10.1. The highest BCUT2D eigenvalue weighted by molar-refractivity contribution is 5.93. The van der Waals surface area contributed by atoms with Crippen LogP contribution in [0.4, 0.5) is 0 Å². The number of aromatic amines is 1. The van der Waals surface area contributed by atoms with Crippen molar-refractivity contribution in [2.24, 2.45) is 5.41 Å². The Morgan fingerprint density at radius 3 is 2.59 bits per heavy atom. The van der Waals surface area contributed by atoms with E-state index < -0.39 is 11.2 Å². The van der Waals surface area contributed by atoms with Crippen LogP contribution in [0.3, 0.4) is 0 Å². The molecule has 0 amide bonds. The van der Waals surface area contributed by atoms with Gasteiger partial charge >= 0.3 is 5.69 Å². The van der Waals surface area contributed by atoms with Gasteiger partial charge in [0.2, 0.25) is 0 Å². The van der Waals surface area contributed by atoms with Gasteiger partial charge in [-0.15, -0.1) is 0 Å². The predicted molar refractivity (Wildman–Crippen MR) is 63.3 cm³/mol. The summed E-state index contributed by atoms with van der Waals surface area (Å²) in [5.74, 6) is -0.318. The van der Waals surface area contributed by atoms with Gasteiger partial charge in [0.15, 0.2) is 5.78 Å². The number of carbonyl (C=O) groups excluding carboxylic acids is 1. The van der Waals surface area contributed by atoms with Crippen LogP contribution in [-0.2, 0) is 6.54 Å². The van der Waals surface area contributed by atoms with Crippen LogP contribution in [0.25, 0.3) is 0 Å². The first-order chi connectivity index (χ1) is 7.99. The summed E-state index contributed by atoms with van der Waals surface area (Å²) >= 11 is 0. The molecule has 1 fully saturated rings. The molecule has 0 radical (unpaired) electrons. The van der Waals surface area contributed by atoms with Gasteiger partial charge in [-0.05, 0) is 31.6 Å². The average molecular weight is 236 g/mol. The molecule has 5 nitrogen and oxygen atoms in total. The third-order valence-corrected chi connectivity index (χ3v) is 3.64. The molecule has 1 N–H and O–H groups in total. The van der Waals surface area contributed by atoms with Gasteiger partial charge in [0.25, 0.3) is 5.56 Å². The number of hydrogen-bond donors (Lipinski definition) is 1. The smallest absolute Gasteiger partial charge is 0.313 e. The Morgan fingerprint density at radius 2 is 2.12 bits per heavy atom. The fraction of sp³-hybridized carbons (Fsp3) is 0.583. The lowest BCUT2D eigenvalue weighted by Gasteiger charge is -2.13. The van der Waals surface area contributed by atoms with Gasteiger partial charge in [-0.2, -0.15) is 0 Å². The van der Waals surface area contributed by atoms with Crippen molar-refractivity contribution >= 4 is 5.78 Å². The lowest BCUT2D eigenvalue weighted by atomic mass is 10.0. The minimum atomic E-state index is -0.471. The van der Waals surface area contributed by atoms with Gasteiger partial charge < -0.3 is 4.98 Å². The average Bonchev–Trinajstić information content (AvgIpc) is 3.04. The number of nitrogens with one attached hydrogen (secondary N) is 1. The van der Waals surface area contributed by atoms with Crippen molar-refractivity contribution in [1.82, 2.24) is 9.55 Å². The number of rotatable bonds is 4. The zero-order valence-corrected chi connectivity index (χ0v) is 10.1. The fourth-order valence-electron chi connectivity index (χ4n) is 2.04. The first-order valence-corrected chi connectivity index (χ1v) is 5.82. The summed E-state index contributed by atoms with van der Waals surface area (Å²) in [6.45, 7) is 3.80. The SMILES string of the molecule is CCC1(Cn2c(=O)[nH]cc(C(C)=O)c2=O)CC1. The van der Waals surface area contributed by atoms with E-state index in [-0.39, 0.29) is 16.8 Å². The normalized spacial score (nSPS) is 16.8. The van der Waals surface area contributed by atoms with Crippen molar-refractivity contribution in [3.05, 3.63) is 32.6 Å². The van der Waals surface area contributed by atoms with Crippen molar-refractivity contribution in [3.63, 3.8) is 0 Å². The van der Waals surface area contributed by atoms with E-state index in [0.29, 0.717) is 6.54 Å². The summed E-state index contributed by atoms with van der Waals surface area (Å²) in [7, 11) is 0. The van der Waals surface area contributed by atoms with Crippen LogP contribution in [0.1, 0.15) is 43.5 Å². The highest BCUT2D eigenvalue weighted by Gasteiger charge is 2.41. The fourth-order valence-corrected chi connectivity index (χ4v) is 2.04. The van der Waals surface area contributed by atoms with Crippen LogP contribution in [-0.4, -0.2) is 15.3 Å². The van der Waals surface area contributed by atoms with Crippen LogP contribution in [0.5, 0.6) is 0 Å². The van der Waals surface area contributed by atoms with Gasteiger partial charge in [0.05, 0.1) is 5.56 Å². The third kappa shape index (κ3) is 2.09. The molecule has 1 aromatic heterocycles. The second-order valence-corrected chi connectivity index (χ2v) is 4.81. The molecule has 0 unspecified atom stereocenters. The Bertz CT molecular complexity index is 564. The molecule has 0 aliphatic heterocycles. The summed E-state index contributed by atoms with van der Waals surface area (Å²) in [6, 6.07) is 0. The number of nitrogens with zero attached hydrogens (tertiary/aromatic N) is 1. The van der Waals surface area contributed by atoms with Crippen molar-refractivity contribution in [2.75, 3.05) is 0 Å². The summed E-state index contributed by atoms with van der Waals surface area (Å²) in [5, 5.41) is 0. The Labute approximate surface area is 98.5 Å². The number of H-pyrrole nitrogens is 1. The quantitative estimate of drug-likeness (QED) is 0.790. The lowest BCUT2D eigenvalue weighted by molar-refractivity contribution is 0.101. The van der Waals surface area contributed by atoms with E-state index in [1.807, 2.05) is 0 Å². The Hall–Kier alpha value is -1.65. The Kier molecular flexibility index (Phi) is 2.77. The topological polar surface area (TPSA) is 71.9 Å². The minimum absolute atomic E-state index is 0.0523. The molecule has 0 spiro atoms. The van der Waals surface area contributed by atoms with Crippen molar-refractivity contribution < 1.29 is 4.79 Å². The molecule has 1 heterocycles. The molecule has 92 valence electrons. The molecule has 0 atom stereocenters. The van der Waals surface area contributed by atoms with E-state index in [1.165, 1.54) is 13.1 Å². The van der Waals surface area contributed by atoms with Gasteiger partial charge in [0, 0.05) is 12.7 Å². The van der Waals surface area contributed by atoms with Crippen molar-refractivity contribution in [1.29, 1.82) is 0 Å². The molecule has 0 bridgehead atoms. The minimum Gasteiger partial charge on any atom is -0.313 e. The van der Waals surface area contributed by atoms with Crippen LogP contribution in [0.15, 0.2) is 15.8 Å². The number of hydrogen-bond acceptors (Lipinski definition) is 3. The Morgan fingerprint density at radius 1 is 1.47 bits per heavy atom. The lowest BCUT2D eigenvalue weighted by Crippen LogP contribution is -2.39. The summed E-state index contributed by atoms with van der Waals surface area (Å²) in [5.41, 5.74) is -0.760. The second kappa shape index (κ2) is 3.98. The van der Waals surface area contributed by atoms with Gasteiger partial charge in [-0.25, -0.2) is 4.79 Å². The maximum atomic E-state index is 12.0. The standard InChI is InChI=1S/C12H16N2O3/c1-3-12(4-5-12)7-14-10(16)9(8(2)15)6-13-11(14)17/h6H,3-5,7H2,1-2H3,(H,13,17). The highest BCUT2D eigenvalue weighted by Crippen LogP contribution is 2.49. The molecule has 0 aromatic carbocycles. The van der Waals surface area contributed by atoms with E-state index in [4.69, 9.17) is 0 Å². The molecule has 17 heavy (non-hydrogen) atoms. The van der Waals surface area contributed by atoms with Gasteiger partial charge in [-0.1, -0.05) is 6.92 Å². The summed E-state index contributed by atoms with van der Waals surface area (Å²) < 4.78 is 1.16.